The van der Waals surface area contributed by atoms with Gasteiger partial charge in [0.2, 0.25) is 0 Å². The molecular weight excluding hydrogens is 362 g/mol. The van der Waals surface area contributed by atoms with Gasteiger partial charge >= 0.3 is 11.7 Å². The van der Waals surface area contributed by atoms with E-state index < -0.39 is 28.2 Å². The number of nitro benzene ring substituents is 1. The van der Waals surface area contributed by atoms with Crippen LogP contribution in [0.3, 0.4) is 0 Å². The summed E-state index contributed by atoms with van der Waals surface area (Å²) in [6.07, 6.45) is 0. The summed E-state index contributed by atoms with van der Waals surface area (Å²) >= 11 is 0. The van der Waals surface area contributed by atoms with Crippen LogP contribution in [-0.2, 0) is 4.79 Å². The van der Waals surface area contributed by atoms with Gasteiger partial charge in [0, 0.05) is 12.1 Å². The topological polar surface area (TPSA) is 110 Å². The normalized spacial score (nSPS) is 12.2. The molecule has 0 radical (unpaired) electrons. The number of phenolic OH excluding ortho intramolecular Hbond substituents is 1. The molecule has 0 saturated carbocycles. The standard InChI is InChI=1S/C21H25NO6/c1-11(2)16-8-14(13(5)21(24)25)9-17(12(3)4)20(16)28-15-6-7-18(22(26)27)19(23)10-15/h6-13,23H,1-5H3,(H,24,25). The number of hydrogen-bond donors (Lipinski definition) is 2. The van der Waals surface area contributed by atoms with Crippen molar-refractivity contribution in [3.63, 3.8) is 0 Å². The maximum absolute atomic E-state index is 11.4. The fraction of sp³-hybridized carbons (Fsp3) is 0.381. The van der Waals surface area contributed by atoms with Crippen molar-refractivity contribution < 1.29 is 24.7 Å². The molecule has 0 bridgehead atoms. The second kappa shape index (κ2) is 8.29. The number of aromatic hydroxyl groups is 1. The van der Waals surface area contributed by atoms with Crippen molar-refractivity contribution in [3.05, 3.63) is 57.1 Å². The highest BCUT2D eigenvalue weighted by molar-refractivity contribution is 5.76. The SMILES string of the molecule is CC(C)c1cc(C(C)C(=O)O)cc(C(C)C)c1Oc1ccc([N+](=O)[O-])c(O)c1. The maximum Gasteiger partial charge on any atom is 0.310 e. The van der Waals surface area contributed by atoms with E-state index in [1.807, 2.05) is 39.8 Å². The van der Waals surface area contributed by atoms with Crippen LogP contribution in [0.25, 0.3) is 0 Å². The van der Waals surface area contributed by atoms with E-state index in [-0.39, 0.29) is 17.6 Å². The van der Waals surface area contributed by atoms with E-state index in [1.54, 1.807) is 6.92 Å². The van der Waals surface area contributed by atoms with Gasteiger partial charge in [-0.2, -0.15) is 0 Å². The van der Waals surface area contributed by atoms with E-state index in [9.17, 15) is 25.1 Å². The fourth-order valence-electron chi connectivity index (χ4n) is 2.91. The lowest BCUT2D eigenvalue weighted by Crippen LogP contribution is -2.10. The van der Waals surface area contributed by atoms with E-state index >= 15 is 0 Å². The molecule has 0 amide bonds. The zero-order chi connectivity index (χ0) is 21.2. The maximum atomic E-state index is 11.4. The number of rotatable bonds is 7. The smallest absolute Gasteiger partial charge is 0.310 e. The van der Waals surface area contributed by atoms with Gasteiger partial charge in [0.1, 0.15) is 11.5 Å². The second-order valence-electron chi connectivity index (χ2n) is 7.41. The molecule has 1 atom stereocenters. The van der Waals surface area contributed by atoms with Crippen molar-refractivity contribution >= 4 is 11.7 Å². The second-order valence-corrected chi connectivity index (χ2v) is 7.41. The van der Waals surface area contributed by atoms with Crippen molar-refractivity contribution in [1.82, 2.24) is 0 Å². The highest BCUT2D eigenvalue weighted by Gasteiger charge is 2.23. The first-order valence-corrected chi connectivity index (χ1v) is 9.08. The molecule has 0 aliphatic rings. The summed E-state index contributed by atoms with van der Waals surface area (Å²) in [5, 5.41) is 30.2. The van der Waals surface area contributed by atoms with Crippen molar-refractivity contribution in [1.29, 1.82) is 0 Å². The number of nitro groups is 1. The molecule has 2 aromatic rings. The third kappa shape index (κ3) is 4.42. The van der Waals surface area contributed by atoms with Crippen molar-refractivity contribution in [3.8, 4) is 17.2 Å². The first-order chi connectivity index (χ1) is 13.0. The number of carbonyl (C=O) groups is 1. The van der Waals surface area contributed by atoms with Crippen LogP contribution in [0.1, 0.15) is 69.1 Å². The van der Waals surface area contributed by atoms with Crippen molar-refractivity contribution in [2.75, 3.05) is 0 Å². The lowest BCUT2D eigenvalue weighted by Gasteiger charge is -2.22. The van der Waals surface area contributed by atoms with E-state index in [4.69, 9.17) is 4.74 Å². The molecule has 7 heteroatoms. The Balaban J connectivity index is 2.60. The van der Waals surface area contributed by atoms with Gasteiger partial charge in [-0.15, -0.1) is 0 Å². The summed E-state index contributed by atoms with van der Waals surface area (Å²) in [5.41, 5.74) is 1.98. The monoisotopic (exact) mass is 387 g/mol. The van der Waals surface area contributed by atoms with E-state index in [0.29, 0.717) is 11.3 Å². The van der Waals surface area contributed by atoms with Crippen LogP contribution in [0.15, 0.2) is 30.3 Å². The van der Waals surface area contributed by atoms with E-state index in [1.165, 1.54) is 18.2 Å². The van der Waals surface area contributed by atoms with Gasteiger partial charge in [-0.3, -0.25) is 14.9 Å². The van der Waals surface area contributed by atoms with Crippen LogP contribution < -0.4 is 4.74 Å². The summed E-state index contributed by atoms with van der Waals surface area (Å²) < 4.78 is 6.04. The number of carboxylic acid groups (broad SMARTS) is 1. The molecule has 28 heavy (non-hydrogen) atoms. The molecule has 0 aliphatic heterocycles. The van der Waals surface area contributed by atoms with E-state index in [2.05, 4.69) is 0 Å². The van der Waals surface area contributed by atoms with Gasteiger partial charge in [-0.1, -0.05) is 39.8 Å². The fourth-order valence-corrected chi connectivity index (χ4v) is 2.91. The lowest BCUT2D eigenvalue weighted by molar-refractivity contribution is -0.385. The summed E-state index contributed by atoms with van der Waals surface area (Å²) in [5.74, 6) is -1.08. The Morgan fingerprint density at radius 3 is 1.96 bits per heavy atom. The minimum Gasteiger partial charge on any atom is -0.502 e. The van der Waals surface area contributed by atoms with Gasteiger partial charge < -0.3 is 14.9 Å². The number of phenols is 1. The molecule has 2 aromatic carbocycles. The minimum atomic E-state index is -0.904. The number of carboxylic acids is 1. The number of benzene rings is 2. The van der Waals surface area contributed by atoms with Crippen LogP contribution in [-0.4, -0.2) is 21.1 Å². The average Bonchev–Trinajstić information content (AvgIpc) is 2.60. The summed E-state index contributed by atoms with van der Waals surface area (Å²) in [6.45, 7) is 9.56. The summed E-state index contributed by atoms with van der Waals surface area (Å²) in [7, 11) is 0. The average molecular weight is 387 g/mol. The minimum absolute atomic E-state index is 0.0556. The van der Waals surface area contributed by atoms with Gasteiger partial charge in [-0.05, 0) is 41.5 Å². The van der Waals surface area contributed by atoms with Crippen molar-refractivity contribution in [2.45, 2.75) is 52.4 Å². The van der Waals surface area contributed by atoms with Gasteiger partial charge in [0.15, 0.2) is 5.75 Å². The van der Waals surface area contributed by atoms with Gasteiger partial charge in [0.05, 0.1) is 10.8 Å². The quantitative estimate of drug-likeness (QED) is 0.477. The Morgan fingerprint density at radius 2 is 1.57 bits per heavy atom. The summed E-state index contributed by atoms with van der Waals surface area (Å²) in [4.78, 5) is 21.7. The molecule has 2 rings (SSSR count). The number of hydrogen-bond acceptors (Lipinski definition) is 5. The summed E-state index contributed by atoms with van der Waals surface area (Å²) in [6, 6.07) is 7.49. The van der Waals surface area contributed by atoms with Crippen LogP contribution >= 0.6 is 0 Å². The Hall–Kier alpha value is -3.09. The highest BCUT2D eigenvalue weighted by atomic mass is 16.6. The Morgan fingerprint density at radius 1 is 1.04 bits per heavy atom. The molecule has 0 spiro atoms. The number of ether oxygens (including phenoxy) is 1. The Kier molecular flexibility index (Phi) is 6.28. The third-order valence-electron chi connectivity index (χ3n) is 4.65. The van der Waals surface area contributed by atoms with Crippen molar-refractivity contribution in [2.24, 2.45) is 0 Å². The molecule has 0 aromatic heterocycles. The number of aliphatic carboxylic acids is 1. The Labute approximate surface area is 163 Å². The molecular formula is C21H25NO6. The molecule has 1 unspecified atom stereocenters. The number of nitrogens with zero attached hydrogens (tertiary/aromatic N) is 1. The zero-order valence-electron chi connectivity index (χ0n) is 16.6. The van der Waals surface area contributed by atoms with Crippen LogP contribution in [0, 0.1) is 10.1 Å². The predicted molar refractivity (Wildman–Crippen MR) is 106 cm³/mol. The highest BCUT2D eigenvalue weighted by Crippen LogP contribution is 2.41. The van der Waals surface area contributed by atoms with Gasteiger partial charge in [-0.25, -0.2) is 0 Å². The van der Waals surface area contributed by atoms with Crippen LogP contribution in [0.4, 0.5) is 5.69 Å². The third-order valence-corrected chi connectivity index (χ3v) is 4.65. The largest absolute Gasteiger partial charge is 0.502 e. The molecule has 7 nitrogen and oxygen atoms in total. The predicted octanol–water partition coefficient (Wildman–Crippen LogP) is 5.53. The molecule has 0 heterocycles. The molecule has 2 N–H and O–H groups in total. The van der Waals surface area contributed by atoms with Gasteiger partial charge in [0.25, 0.3) is 0 Å². The van der Waals surface area contributed by atoms with E-state index in [0.717, 1.165) is 11.1 Å². The zero-order valence-corrected chi connectivity index (χ0v) is 16.6. The lowest BCUT2D eigenvalue weighted by atomic mass is 9.88. The molecule has 150 valence electrons. The molecule has 0 aliphatic carbocycles. The van der Waals surface area contributed by atoms with Crippen LogP contribution in [0.5, 0.6) is 17.2 Å². The molecule has 0 fully saturated rings. The first kappa shape index (κ1) is 21.2. The Bertz CT molecular complexity index is 875. The molecule has 0 saturated heterocycles. The van der Waals surface area contributed by atoms with Crippen LogP contribution in [0.2, 0.25) is 0 Å². The first-order valence-electron chi connectivity index (χ1n) is 9.08.